The highest BCUT2D eigenvalue weighted by molar-refractivity contribution is 5.93. The zero-order valence-corrected chi connectivity index (χ0v) is 84.2. The van der Waals surface area contributed by atoms with Gasteiger partial charge in [-0.2, -0.15) is 0 Å². The normalized spacial score (nSPS) is 10.2. The fourth-order valence-electron chi connectivity index (χ4n) is 10.8. The van der Waals surface area contributed by atoms with E-state index in [-0.39, 0.29) is 41.4 Å². The number of aromatic carboxylic acids is 1. The molecule has 1 amide bonds. The standard InChI is InChI=1S/C24H28O6.C19H25NO4.C19H24O5.C17H20O5.C17H22O5.C12H14O3.C5H8O2/c1-18(2)23(25)29-17-7-5-4-6-16-28-21-10-8-19(9-11-21)24(26)30-22-14-12-20(27-3)13-15-22;2*1-15(2)19(22)24-14-6-4-3-5-13-23-17-10-7-16(8-11-17)9-12-18(20)21;1-13(2)17(20)22-12-4-3-11-21-15-8-5-14(6-9-15)7-10-16(18)19;1-13(2)17(20)22-12-6-4-3-5-11-21-15-9-7-14(8-10-15)16(18)19;1-2-9-15-11-6-3-10(4-7-11)5-8-12(13)14;1-4(2)5(6)7-3/h8-15H,1,4-7,16-17H2,2-3H3;7-12H,1,3-6,13-14H2,2H3,(H2,20,21);7-12H,1,3-6,13-14H2,2H3,(H,20,21);5-10H,1,3-4,11-12H2,2H3,(H,18,19);7-10H,1,3-6,11-12H2,2H3,(H,18,19);3-8H,2,9H2,1H3,(H,13,14);1H2,2-3H3/b;2*12-9+;10-7+;;8-5+;. The number of benzene rings is 7. The maximum absolute atomic E-state index is 12.2. The smallest absolute Gasteiger partial charge is 0.343 e. The highest BCUT2D eigenvalue weighted by atomic mass is 16.6. The van der Waals surface area contributed by atoms with E-state index in [1.807, 2.05) is 79.7 Å². The number of nitrogens with two attached hydrogens (primary N) is 1. The monoisotopic (exact) mass is 1990 g/mol. The molecular weight excluding hydrogens is 1850 g/mol. The fraction of sp³-hybridized carbons (Fsp3) is 0.345. The summed E-state index contributed by atoms with van der Waals surface area (Å²) in [6, 6.07) is 49.2. The van der Waals surface area contributed by atoms with Gasteiger partial charge in [0.05, 0.1) is 98.0 Å². The lowest BCUT2D eigenvalue weighted by molar-refractivity contribution is -0.139. The first-order valence-corrected chi connectivity index (χ1v) is 46.9. The number of carbonyl (C=O) groups excluding carboxylic acids is 8. The Morgan fingerprint density at radius 3 is 0.688 bits per heavy atom. The molecule has 0 fully saturated rings. The molecule has 0 bridgehead atoms. The van der Waals surface area contributed by atoms with Gasteiger partial charge in [-0.1, -0.05) is 94.9 Å². The van der Waals surface area contributed by atoms with Crippen LogP contribution in [0.4, 0.5) is 0 Å². The Labute approximate surface area is 845 Å². The van der Waals surface area contributed by atoms with Gasteiger partial charge in [0.25, 0.3) is 0 Å². The highest BCUT2D eigenvalue weighted by Gasteiger charge is 2.13. The van der Waals surface area contributed by atoms with Crippen molar-refractivity contribution < 1.29 is 144 Å². The summed E-state index contributed by atoms with van der Waals surface area (Å²) >= 11 is 0. The number of carboxylic acid groups (broad SMARTS) is 4. The summed E-state index contributed by atoms with van der Waals surface area (Å²) in [6.07, 6.45) is 28.2. The van der Waals surface area contributed by atoms with Gasteiger partial charge in [0.2, 0.25) is 5.91 Å². The number of hydrogen-bond acceptors (Lipinski definition) is 26. The molecule has 144 heavy (non-hydrogen) atoms. The molecule has 0 aliphatic carbocycles. The van der Waals surface area contributed by atoms with Gasteiger partial charge in [0.1, 0.15) is 46.0 Å². The summed E-state index contributed by atoms with van der Waals surface area (Å²) in [5.74, 6) is -1.19. The number of amides is 1. The number of ether oxygens (including phenoxy) is 14. The van der Waals surface area contributed by atoms with Crippen LogP contribution >= 0.6 is 0 Å². The molecule has 0 aliphatic rings. The third-order valence-electron chi connectivity index (χ3n) is 18.6. The van der Waals surface area contributed by atoms with Gasteiger partial charge in [-0.05, 0) is 331 Å². The van der Waals surface area contributed by atoms with Crippen molar-refractivity contribution in [1.29, 1.82) is 0 Å². The Hall–Kier alpha value is -15.8. The van der Waals surface area contributed by atoms with E-state index in [1.165, 1.54) is 37.5 Å². The van der Waals surface area contributed by atoms with Crippen LogP contribution in [-0.2, 0) is 76.4 Å². The van der Waals surface area contributed by atoms with E-state index in [1.54, 1.807) is 146 Å². The van der Waals surface area contributed by atoms with Crippen LogP contribution in [-0.4, -0.2) is 179 Å². The van der Waals surface area contributed by atoms with Crippen LogP contribution in [0.15, 0.2) is 267 Å². The summed E-state index contributed by atoms with van der Waals surface area (Å²) in [5.41, 5.74) is 11.6. The molecule has 0 heterocycles. The van der Waals surface area contributed by atoms with E-state index >= 15 is 0 Å². The van der Waals surface area contributed by atoms with Crippen LogP contribution in [0, 0.1) is 0 Å². The van der Waals surface area contributed by atoms with Crippen molar-refractivity contribution in [3.8, 4) is 46.0 Å². The molecule has 0 saturated heterocycles. The predicted molar refractivity (Wildman–Crippen MR) is 554 cm³/mol. The van der Waals surface area contributed by atoms with E-state index < -0.39 is 35.8 Å². The third-order valence-corrected chi connectivity index (χ3v) is 18.6. The molecule has 7 aromatic carbocycles. The fourth-order valence-corrected chi connectivity index (χ4v) is 10.8. The van der Waals surface area contributed by atoms with Gasteiger partial charge >= 0.3 is 65.7 Å². The van der Waals surface area contributed by atoms with Crippen molar-refractivity contribution >= 4 is 95.9 Å². The summed E-state index contributed by atoms with van der Waals surface area (Å²) in [6.45, 7) is 38.5. The number of esters is 7. The second kappa shape index (κ2) is 78.9. The Morgan fingerprint density at radius 1 is 0.264 bits per heavy atom. The zero-order valence-electron chi connectivity index (χ0n) is 84.2. The van der Waals surface area contributed by atoms with Crippen molar-refractivity contribution in [2.45, 2.75) is 170 Å². The maximum Gasteiger partial charge on any atom is 0.343 e. The Bertz CT molecular complexity index is 5100. The molecule has 31 nitrogen and oxygen atoms in total. The lowest BCUT2D eigenvalue weighted by Crippen LogP contribution is -2.08. The second-order valence-electron chi connectivity index (χ2n) is 31.8. The zero-order chi connectivity index (χ0) is 107. The van der Waals surface area contributed by atoms with Gasteiger partial charge in [-0.15, -0.1) is 0 Å². The highest BCUT2D eigenvalue weighted by Crippen LogP contribution is 2.23. The maximum atomic E-state index is 12.2. The first-order chi connectivity index (χ1) is 68.9. The number of carboxylic acids is 4. The van der Waals surface area contributed by atoms with Gasteiger partial charge in [0, 0.05) is 57.7 Å². The number of rotatable bonds is 59. The van der Waals surface area contributed by atoms with Gasteiger partial charge in [-0.25, -0.2) is 52.7 Å². The third kappa shape index (κ3) is 67.5. The molecule has 0 aliphatic heterocycles. The predicted octanol–water partition coefficient (Wildman–Crippen LogP) is 21.9. The van der Waals surface area contributed by atoms with Crippen molar-refractivity contribution in [2.24, 2.45) is 5.73 Å². The van der Waals surface area contributed by atoms with Crippen molar-refractivity contribution in [3.05, 3.63) is 300 Å². The quantitative estimate of drug-likeness (QED) is 0.00777. The van der Waals surface area contributed by atoms with E-state index in [2.05, 4.69) is 44.2 Å². The number of hydrogen-bond donors (Lipinski definition) is 5. The van der Waals surface area contributed by atoms with Gasteiger partial charge < -0.3 is 92.5 Å². The number of carbonyl (C=O) groups is 12. The van der Waals surface area contributed by atoms with Crippen LogP contribution in [0.25, 0.3) is 24.3 Å². The average Bonchev–Trinajstić information content (AvgIpc) is 0.862. The summed E-state index contributed by atoms with van der Waals surface area (Å²) in [5, 5.41) is 34.3. The van der Waals surface area contributed by atoms with Crippen molar-refractivity contribution in [2.75, 3.05) is 86.9 Å². The largest absolute Gasteiger partial charge is 0.497 e. The Morgan fingerprint density at radius 2 is 0.472 bits per heavy atom. The minimum absolute atomic E-state index is 0.247. The molecule has 0 saturated carbocycles. The number of aliphatic carboxylic acids is 3. The molecule has 0 radical (unpaired) electrons. The van der Waals surface area contributed by atoms with Gasteiger partial charge in [-0.3, -0.25) is 4.79 Å². The molecule has 7 rings (SSSR count). The summed E-state index contributed by atoms with van der Waals surface area (Å²) in [4.78, 5) is 131. The lowest BCUT2D eigenvalue weighted by Gasteiger charge is -2.08. The van der Waals surface area contributed by atoms with Crippen LogP contribution < -0.4 is 43.6 Å². The summed E-state index contributed by atoms with van der Waals surface area (Å²) < 4.78 is 73.2. The molecule has 6 N–H and O–H groups in total. The first-order valence-electron chi connectivity index (χ1n) is 46.9. The molecule has 778 valence electrons. The van der Waals surface area contributed by atoms with Crippen LogP contribution in [0.3, 0.4) is 0 Å². The second-order valence-corrected chi connectivity index (χ2v) is 31.8. The minimum atomic E-state index is -0.979. The molecule has 31 heteroatoms. The van der Waals surface area contributed by atoms with Crippen LogP contribution in [0.1, 0.15) is 213 Å². The topological polar surface area (TPSA) is 441 Å². The van der Waals surface area contributed by atoms with E-state index in [0.29, 0.717) is 140 Å². The Kier molecular flexibility index (Phi) is 69.2. The van der Waals surface area contributed by atoms with E-state index in [0.717, 1.165) is 180 Å². The Balaban J connectivity index is 0.000000859. The van der Waals surface area contributed by atoms with Crippen LogP contribution in [0.5, 0.6) is 46.0 Å². The number of primary amides is 1. The molecule has 0 spiro atoms. The van der Waals surface area contributed by atoms with Gasteiger partial charge in [0.15, 0.2) is 0 Å². The molecular formula is C113H141NO30. The number of methoxy groups -OCH3 is 2. The molecule has 0 atom stereocenters. The molecule has 0 unspecified atom stereocenters. The lowest BCUT2D eigenvalue weighted by atomic mass is 10.2. The van der Waals surface area contributed by atoms with E-state index in [4.69, 9.17) is 87.7 Å². The van der Waals surface area contributed by atoms with Crippen molar-refractivity contribution in [1.82, 2.24) is 0 Å². The van der Waals surface area contributed by atoms with Crippen LogP contribution in [0.2, 0.25) is 0 Å². The summed E-state index contributed by atoms with van der Waals surface area (Å²) in [7, 11) is 2.91. The average molecular weight is 1990 g/mol. The first kappa shape index (κ1) is 126. The van der Waals surface area contributed by atoms with Crippen molar-refractivity contribution in [3.63, 3.8) is 0 Å². The van der Waals surface area contributed by atoms with E-state index in [9.17, 15) is 57.5 Å². The molecule has 0 aromatic heterocycles. The SMILES string of the molecule is C=C(C)C(=O)OC.C=C(C)C(=O)OCCCCCCOc1ccc(/C=C/C(=O)O)cc1.C=C(C)C(=O)OCCCCCCOc1ccc(/C=C/C(N)=O)cc1.C=C(C)C(=O)OCCCCCCOc1ccc(C(=O)O)cc1.C=C(C)C(=O)OCCCCCCOc1ccc(C(=O)Oc2ccc(OC)cc2)cc1.C=C(C)C(=O)OCCCCOc1ccc(/C=C/C(=O)O)cc1.CCCOc1ccc(/C=C/C(=O)O)cc1. The minimum Gasteiger partial charge on any atom is -0.497 e. The molecule has 7 aromatic rings. The number of unbranched alkanes of at least 4 members (excludes halogenated alkanes) is 13.